The maximum Gasteiger partial charge on any atom is 0.258 e. The minimum absolute atomic E-state index is 0.0495. The molecule has 1 aliphatic rings. The maximum absolute atomic E-state index is 12.9. The van der Waals surface area contributed by atoms with Crippen LogP contribution in [0.1, 0.15) is 0 Å². The number of hydrogen-bond donors (Lipinski definition) is 0. The molecule has 0 fully saturated rings. The summed E-state index contributed by atoms with van der Waals surface area (Å²) in [6.07, 6.45) is 0. The van der Waals surface area contributed by atoms with Crippen molar-refractivity contribution in [1.29, 1.82) is 0 Å². The third-order valence-corrected chi connectivity index (χ3v) is 4.87. The molecule has 1 aromatic heterocycles. The van der Waals surface area contributed by atoms with E-state index in [1.807, 2.05) is 36.4 Å². The van der Waals surface area contributed by atoms with E-state index in [2.05, 4.69) is 0 Å². The molecule has 0 amide bonds. The van der Waals surface area contributed by atoms with E-state index in [0.29, 0.717) is 16.9 Å². The lowest BCUT2D eigenvalue weighted by Crippen LogP contribution is -2.17. The lowest BCUT2D eigenvalue weighted by Gasteiger charge is -2.13. The van der Waals surface area contributed by atoms with Gasteiger partial charge < -0.3 is 18.8 Å². The van der Waals surface area contributed by atoms with Crippen LogP contribution in [-0.2, 0) is 7.05 Å². The third kappa shape index (κ3) is 1.86. The monoisotopic (exact) mass is 333 g/mol. The summed E-state index contributed by atoms with van der Waals surface area (Å²) in [4.78, 5) is 12.9. The molecule has 2 heterocycles. The number of rotatable bonds is 1. The minimum Gasteiger partial charge on any atom is -0.497 e. The normalized spacial score (nSPS) is 13.0. The number of benzene rings is 3. The molecule has 0 radical (unpaired) electrons. The highest BCUT2D eigenvalue weighted by molar-refractivity contribution is 6.16. The van der Waals surface area contributed by atoms with Gasteiger partial charge in [-0.2, -0.15) is 0 Å². The van der Waals surface area contributed by atoms with Crippen molar-refractivity contribution in [3.05, 3.63) is 52.8 Å². The summed E-state index contributed by atoms with van der Waals surface area (Å²) >= 11 is 0. The van der Waals surface area contributed by atoms with Crippen LogP contribution in [0.25, 0.3) is 32.4 Å². The van der Waals surface area contributed by atoms with Gasteiger partial charge in [0.05, 0.1) is 18.0 Å². The molecule has 0 saturated heterocycles. The predicted octanol–water partition coefficient (Wildman–Crippen LogP) is 3.58. The number of aromatic nitrogens is 1. The molecule has 5 nitrogen and oxygen atoms in total. The van der Waals surface area contributed by atoms with Gasteiger partial charge >= 0.3 is 0 Å². The number of hydrogen-bond acceptors (Lipinski definition) is 4. The zero-order chi connectivity index (χ0) is 17.1. The summed E-state index contributed by atoms with van der Waals surface area (Å²) in [6.45, 7) is 0.227. The second-order valence-corrected chi connectivity index (χ2v) is 6.16. The molecule has 5 heteroatoms. The van der Waals surface area contributed by atoms with Gasteiger partial charge in [0.2, 0.25) is 6.79 Å². The van der Waals surface area contributed by atoms with Crippen molar-refractivity contribution < 1.29 is 14.2 Å². The van der Waals surface area contributed by atoms with Crippen molar-refractivity contribution in [2.45, 2.75) is 0 Å². The van der Waals surface area contributed by atoms with Gasteiger partial charge in [-0.25, -0.2) is 0 Å². The SMILES string of the molecule is COc1ccc2c(c1)c(=O)n(C)c1c3cc4c(cc3ccc21)OCO4. The van der Waals surface area contributed by atoms with Gasteiger partial charge in [-0.05, 0) is 41.1 Å². The van der Waals surface area contributed by atoms with Crippen molar-refractivity contribution in [1.82, 2.24) is 4.57 Å². The van der Waals surface area contributed by atoms with Crippen LogP contribution in [0, 0.1) is 0 Å². The van der Waals surface area contributed by atoms with Crippen molar-refractivity contribution in [3.8, 4) is 17.2 Å². The Balaban J connectivity index is 2.00. The van der Waals surface area contributed by atoms with Crippen molar-refractivity contribution in [2.75, 3.05) is 13.9 Å². The fourth-order valence-electron chi connectivity index (χ4n) is 3.62. The summed E-state index contributed by atoms with van der Waals surface area (Å²) in [6, 6.07) is 13.6. The number of ether oxygens (including phenoxy) is 3. The van der Waals surface area contributed by atoms with Crippen LogP contribution in [0.3, 0.4) is 0 Å². The molecule has 0 aliphatic carbocycles. The Morgan fingerprint density at radius 2 is 1.68 bits per heavy atom. The molecule has 0 saturated carbocycles. The van der Waals surface area contributed by atoms with Crippen molar-refractivity contribution in [3.63, 3.8) is 0 Å². The van der Waals surface area contributed by atoms with Crippen molar-refractivity contribution >= 4 is 32.4 Å². The largest absolute Gasteiger partial charge is 0.497 e. The molecule has 25 heavy (non-hydrogen) atoms. The van der Waals surface area contributed by atoms with Crippen LogP contribution in [0.2, 0.25) is 0 Å². The lowest BCUT2D eigenvalue weighted by molar-refractivity contribution is 0.174. The molecular formula is C20H15NO4. The summed E-state index contributed by atoms with van der Waals surface area (Å²) < 4.78 is 17.9. The Bertz CT molecular complexity index is 1240. The lowest BCUT2D eigenvalue weighted by atomic mass is 10.0. The highest BCUT2D eigenvalue weighted by Gasteiger charge is 2.18. The Morgan fingerprint density at radius 3 is 2.48 bits per heavy atom. The van der Waals surface area contributed by atoms with E-state index < -0.39 is 0 Å². The number of methoxy groups -OCH3 is 1. The molecule has 124 valence electrons. The maximum atomic E-state index is 12.9. The van der Waals surface area contributed by atoms with Crippen LogP contribution >= 0.6 is 0 Å². The highest BCUT2D eigenvalue weighted by Crippen LogP contribution is 2.39. The van der Waals surface area contributed by atoms with E-state index in [-0.39, 0.29) is 12.4 Å². The van der Waals surface area contributed by atoms with Crippen LogP contribution in [-0.4, -0.2) is 18.5 Å². The Morgan fingerprint density at radius 1 is 0.920 bits per heavy atom. The molecule has 0 bridgehead atoms. The summed E-state index contributed by atoms with van der Waals surface area (Å²) in [5.41, 5.74) is 0.838. The molecule has 4 aromatic rings. The van der Waals surface area contributed by atoms with Crippen LogP contribution < -0.4 is 19.8 Å². The van der Waals surface area contributed by atoms with E-state index in [1.165, 1.54) is 0 Å². The molecule has 0 atom stereocenters. The van der Waals surface area contributed by atoms with Gasteiger partial charge in [-0.15, -0.1) is 0 Å². The second kappa shape index (κ2) is 4.89. The average molecular weight is 333 g/mol. The molecule has 0 N–H and O–H groups in total. The molecule has 1 aliphatic heterocycles. The van der Waals surface area contributed by atoms with Gasteiger partial charge in [0, 0.05) is 17.8 Å². The summed E-state index contributed by atoms with van der Waals surface area (Å²) in [5, 5.41) is 4.57. The Hall–Kier alpha value is -3.21. The zero-order valence-electron chi connectivity index (χ0n) is 13.8. The number of fused-ring (bicyclic) bond motifs is 6. The van der Waals surface area contributed by atoms with Crippen LogP contribution in [0.15, 0.2) is 47.3 Å². The van der Waals surface area contributed by atoms with Crippen molar-refractivity contribution in [2.24, 2.45) is 7.05 Å². The second-order valence-electron chi connectivity index (χ2n) is 6.16. The van der Waals surface area contributed by atoms with E-state index in [9.17, 15) is 4.79 Å². The predicted molar refractivity (Wildman–Crippen MR) is 96.9 cm³/mol. The van der Waals surface area contributed by atoms with E-state index in [0.717, 1.165) is 32.8 Å². The molecule has 3 aromatic carbocycles. The Kier molecular flexibility index (Phi) is 2.77. The van der Waals surface area contributed by atoms with Crippen LogP contribution in [0.4, 0.5) is 0 Å². The first-order valence-corrected chi connectivity index (χ1v) is 8.00. The first-order chi connectivity index (χ1) is 12.2. The van der Waals surface area contributed by atoms with Gasteiger partial charge in [0.1, 0.15) is 5.75 Å². The molecular weight excluding hydrogens is 318 g/mol. The van der Waals surface area contributed by atoms with Gasteiger partial charge in [0.15, 0.2) is 11.5 Å². The standard InChI is InChI=1S/C20H15NO4/c1-21-19-14(13-6-4-12(23-2)8-16(13)20(21)22)5-3-11-7-17-18(9-15(11)19)25-10-24-17/h3-9H,10H2,1-2H3. The quantitative estimate of drug-likeness (QED) is 0.500. The topological polar surface area (TPSA) is 49.7 Å². The van der Waals surface area contributed by atoms with E-state index >= 15 is 0 Å². The molecule has 0 spiro atoms. The van der Waals surface area contributed by atoms with Gasteiger partial charge in [-0.3, -0.25) is 4.79 Å². The third-order valence-electron chi connectivity index (χ3n) is 4.87. The summed E-state index contributed by atoms with van der Waals surface area (Å²) in [7, 11) is 3.40. The fraction of sp³-hybridized carbons (Fsp3) is 0.150. The molecule has 5 rings (SSSR count). The number of nitrogens with zero attached hydrogens (tertiary/aromatic N) is 1. The molecule has 0 unspecified atom stereocenters. The summed E-state index contributed by atoms with van der Waals surface area (Å²) in [5.74, 6) is 2.12. The minimum atomic E-state index is -0.0495. The first-order valence-electron chi connectivity index (χ1n) is 8.00. The van der Waals surface area contributed by atoms with E-state index in [1.54, 1.807) is 24.8 Å². The first kappa shape index (κ1) is 14.2. The smallest absolute Gasteiger partial charge is 0.258 e. The van der Waals surface area contributed by atoms with E-state index in [4.69, 9.17) is 14.2 Å². The highest BCUT2D eigenvalue weighted by atomic mass is 16.7. The number of pyridine rings is 1. The zero-order valence-corrected chi connectivity index (χ0v) is 13.8. The van der Waals surface area contributed by atoms with Gasteiger partial charge in [-0.1, -0.05) is 12.1 Å². The van der Waals surface area contributed by atoms with Crippen LogP contribution in [0.5, 0.6) is 17.2 Å². The Labute approximate surface area is 142 Å². The fourth-order valence-corrected chi connectivity index (χ4v) is 3.62. The van der Waals surface area contributed by atoms with Gasteiger partial charge in [0.25, 0.3) is 5.56 Å². The number of aryl methyl sites for hydroxylation is 1. The average Bonchev–Trinajstić information content (AvgIpc) is 3.10.